The number of nitrogens with zero attached hydrogens (tertiary/aromatic N) is 1. The summed E-state index contributed by atoms with van der Waals surface area (Å²) in [6.45, 7) is 0. The molecule has 0 aliphatic carbocycles. The molecule has 0 aromatic heterocycles. The predicted octanol–water partition coefficient (Wildman–Crippen LogP) is 2.25. The number of alkyl halides is 3. The fraction of sp³-hybridized carbons (Fsp3) is 0.364. The van der Waals surface area contributed by atoms with Crippen molar-refractivity contribution >= 4 is 21.8 Å². The third-order valence-corrected chi connectivity index (χ3v) is 2.81. The lowest BCUT2D eigenvalue weighted by Crippen LogP contribution is -2.36. The molecule has 0 spiro atoms. The monoisotopic (exact) mass is 366 g/mol. The number of halogens is 5. The summed E-state index contributed by atoms with van der Waals surface area (Å²) in [6, 6.07) is 1.65. The zero-order valence-corrected chi connectivity index (χ0v) is 12.8. The Morgan fingerprint density at radius 3 is 1.57 bits per heavy atom. The van der Waals surface area contributed by atoms with Gasteiger partial charge in [-0.25, -0.2) is 13.6 Å². The summed E-state index contributed by atoms with van der Waals surface area (Å²) in [5.41, 5.74) is -6.07. The summed E-state index contributed by atoms with van der Waals surface area (Å²) >= 11 is 0. The minimum absolute atomic E-state index is 0.0441. The van der Waals surface area contributed by atoms with E-state index in [-0.39, 0.29) is 15.7 Å². The molecule has 0 fully saturated rings. The molecule has 0 unspecified atom stereocenters. The first kappa shape index (κ1) is 21.2. The molecule has 0 bridgehead atoms. The van der Waals surface area contributed by atoms with E-state index in [0.29, 0.717) is 0 Å². The van der Waals surface area contributed by atoms with Gasteiger partial charge in [0, 0.05) is 0 Å². The van der Waals surface area contributed by atoms with Crippen molar-refractivity contribution in [2.75, 3.05) is 21.1 Å². The normalized spacial score (nSPS) is 12.4. The van der Waals surface area contributed by atoms with E-state index in [1.54, 1.807) is 21.1 Å². The van der Waals surface area contributed by atoms with E-state index in [1.165, 1.54) is 0 Å². The number of quaternary nitrogens is 1. The highest BCUT2D eigenvalue weighted by atomic mass is 32.2. The number of hydrogen-bond donors (Lipinski definition) is 2. The Balaban J connectivity index is 0.000000515. The maximum Gasteiger partial charge on any atom is 0.522 e. The molecule has 0 amide bonds. The van der Waals surface area contributed by atoms with Crippen molar-refractivity contribution in [1.29, 1.82) is 0 Å². The van der Waals surface area contributed by atoms with Crippen LogP contribution in [0.3, 0.4) is 0 Å². The zero-order chi connectivity index (χ0) is 18.8. The second-order valence-corrected chi connectivity index (χ2v) is 6.44. The van der Waals surface area contributed by atoms with Gasteiger partial charge in [0.15, 0.2) is 11.6 Å². The molecule has 0 heterocycles. The van der Waals surface area contributed by atoms with Crippen LogP contribution in [0.2, 0.25) is 0 Å². The quantitative estimate of drug-likeness (QED) is 0.363. The molecule has 0 aliphatic heterocycles. The molecule has 23 heavy (non-hydrogen) atoms. The van der Waals surface area contributed by atoms with Gasteiger partial charge >= 0.3 is 21.6 Å². The van der Waals surface area contributed by atoms with Crippen LogP contribution in [0.5, 0.6) is 0 Å². The van der Waals surface area contributed by atoms with Gasteiger partial charge in [0.2, 0.25) is 5.69 Å². The van der Waals surface area contributed by atoms with Crippen LogP contribution in [-0.2, 0) is 10.1 Å². The zero-order valence-electron chi connectivity index (χ0n) is 12.0. The highest BCUT2D eigenvalue weighted by Gasteiger charge is 2.44. The highest BCUT2D eigenvalue weighted by molar-refractivity contribution is 7.86. The third-order valence-electron chi connectivity index (χ3n) is 2.23. The van der Waals surface area contributed by atoms with Crippen LogP contribution in [0.15, 0.2) is 12.1 Å². The summed E-state index contributed by atoms with van der Waals surface area (Å²) in [7, 11) is -1.04. The van der Waals surface area contributed by atoms with Gasteiger partial charge in [-0.3, -0.25) is 9.04 Å². The molecular weight excluding hydrogens is 353 g/mol. The largest absolute Gasteiger partial charge is 0.522 e. The van der Waals surface area contributed by atoms with E-state index in [9.17, 15) is 26.7 Å². The number of carboxylic acids is 1. The number of rotatable bonds is 2. The lowest BCUT2D eigenvalue weighted by molar-refractivity contribution is -0.0510. The molecule has 6 nitrogen and oxygen atoms in total. The van der Waals surface area contributed by atoms with Gasteiger partial charge in [-0.15, -0.1) is 0 Å². The second-order valence-electron chi connectivity index (χ2n) is 5.03. The van der Waals surface area contributed by atoms with Crippen LogP contribution in [0, 0.1) is 11.6 Å². The van der Waals surface area contributed by atoms with Crippen molar-refractivity contribution in [3.63, 3.8) is 0 Å². The average Bonchev–Trinajstić information content (AvgIpc) is 2.23. The first-order valence-corrected chi connectivity index (χ1v) is 7.00. The van der Waals surface area contributed by atoms with E-state index in [0.717, 1.165) is 12.1 Å². The van der Waals surface area contributed by atoms with Crippen molar-refractivity contribution in [3.05, 3.63) is 29.3 Å². The van der Waals surface area contributed by atoms with E-state index in [1.807, 2.05) is 0 Å². The van der Waals surface area contributed by atoms with Gasteiger partial charge in [-0.2, -0.15) is 21.6 Å². The van der Waals surface area contributed by atoms with Crippen molar-refractivity contribution in [1.82, 2.24) is 4.48 Å². The van der Waals surface area contributed by atoms with Gasteiger partial charge in [-0.1, -0.05) is 0 Å². The summed E-state index contributed by atoms with van der Waals surface area (Å²) in [5, 5.41) is 8.59. The Kier molecular flexibility index (Phi) is 6.24. The highest BCUT2D eigenvalue weighted by Crippen LogP contribution is 2.26. The van der Waals surface area contributed by atoms with E-state index >= 15 is 0 Å². The molecule has 132 valence electrons. The molecular formula is C11H13F5NO5S+. The van der Waals surface area contributed by atoms with Crippen molar-refractivity contribution in [2.45, 2.75) is 5.51 Å². The van der Waals surface area contributed by atoms with Crippen LogP contribution in [0.4, 0.5) is 27.6 Å². The lowest BCUT2D eigenvalue weighted by atomic mass is 10.1. The summed E-state index contributed by atoms with van der Waals surface area (Å²) in [4.78, 5) is 10.5. The molecule has 0 radical (unpaired) electrons. The number of carbonyl (C=O) groups is 1. The first-order chi connectivity index (χ1) is 9.98. The van der Waals surface area contributed by atoms with Crippen molar-refractivity contribution < 1.29 is 44.8 Å². The summed E-state index contributed by atoms with van der Waals surface area (Å²) in [5.74, 6) is -3.04. The fourth-order valence-corrected chi connectivity index (χ4v) is 1.33. The average molecular weight is 366 g/mol. The molecule has 1 rings (SSSR count). The van der Waals surface area contributed by atoms with Crippen LogP contribution >= 0.6 is 0 Å². The van der Waals surface area contributed by atoms with E-state index in [2.05, 4.69) is 0 Å². The van der Waals surface area contributed by atoms with Gasteiger partial charge < -0.3 is 5.11 Å². The van der Waals surface area contributed by atoms with Crippen molar-refractivity contribution in [3.8, 4) is 0 Å². The Labute approximate surface area is 128 Å². The van der Waals surface area contributed by atoms with Crippen LogP contribution in [-0.4, -0.2) is 50.7 Å². The molecule has 0 atom stereocenters. The SMILES string of the molecule is C[N+](C)(C)c1c(F)cc(C(=O)O)cc1F.O=S(=O)(O)C(F)(F)F. The van der Waals surface area contributed by atoms with Gasteiger partial charge in [-0.05, 0) is 12.1 Å². The maximum atomic E-state index is 13.4. The predicted molar refractivity (Wildman–Crippen MR) is 70.5 cm³/mol. The molecule has 1 aromatic carbocycles. The van der Waals surface area contributed by atoms with Crippen LogP contribution in [0.1, 0.15) is 10.4 Å². The second kappa shape index (κ2) is 6.76. The number of benzene rings is 1. The number of aromatic carboxylic acids is 1. The molecule has 1 aromatic rings. The third kappa shape index (κ3) is 6.08. The smallest absolute Gasteiger partial charge is 0.478 e. The van der Waals surface area contributed by atoms with Crippen LogP contribution < -0.4 is 4.48 Å². The van der Waals surface area contributed by atoms with Crippen LogP contribution in [0.25, 0.3) is 0 Å². The summed E-state index contributed by atoms with van der Waals surface area (Å²) < 4.78 is 84.4. The Morgan fingerprint density at radius 1 is 1.09 bits per heavy atom. The molecule has 0 saturated heterocycles. The minimum atomic E-state index is -5.84. The number of carboxylic acid groups (broad SMARTS) is 1. The van der Waals surface area contributed by atoms with E-state index < -0.39 is 33.2 Å². The standard InChI is InChI=1S/C10H11F2NO2.CHF3O3S/c1-13(2,3)9-7(11)4-6(10(14)15)5-8(9)12;2-1(3,4)8(5,6)7/h4-5H,1-3H3;(H,5,6,7)/p+1. The Morgan fingerprint density at radius 2 is 1.39 bits per heavy atom. The number of hydrogen-bond acceptors (Lipinski definition) is 3. The maximum absolute atomic E-state index is 13.4. The van der Waals surface area contributed by atoms with Crippen molar-refractivity contribution in [2.24, 2.45) is 0 Å². The van der Waals surface area contributed by atoms with Gasteiger partial charge in [0.1, 0.15) is 0 Å². The molecule has 2 N–H and O–H groups in total. The lowest BCUT2D eigenvalue weighted by Gasteiger charge is -2.24. The van der Waals surface area contributed by atoms with Gasteiger partial charge in [0.05, 0.1) is 26.7 Å². The minimum Gasteiger partial charge on any atom is -0.478 e. The Hall–Kier alpha value is -1.79. The summed E-state index contributed by atoms with van der Waals surface area (Å²) in [6.07, 6.45) is 0. The molecule has 0 saturated carbocycles. The fourth-order valence-electron chi connectivity index (χ4n) is 1.33. The Bertz CT molecular complexity index is 671. The first-order valence-electron chi connectivity index (χ1n) is 5.56. The van der Waals surface area contributed by atoms with E-state index in [4.69, 9.17) is 18.1 Å². The molecule has 0 aliphatic rings. The molecule has 12 heteroatoms. The topological polar surface area (TPSA) is 91.7 Å². The van der Waals surface area contributed by atoms with Gasteiger partial charge in [0.25, 0.3) is 0 Å².